The molecule has 0 aliphatic heterocycles. The second kappa shape index (κ2) is 8.29. The average molecular weight is 352 g/mol. The van der Waals surface area contributed by atoms with Gasteiger partial charge in [-0.3, -0.25) is 0 Å². The van der Waals surface area contributed by atoms with E-state index in [-0.39, 0.29) is 11.8 Å². The Bertz CT molecular complexity index is 863. The van der Waals surface area contributed by atoms with E-state index in [2.05, 4.69) is 10.4 Å². The Morgan fingerprint density at radius 2 is 1.96 bits per heavy atom. The van der Waals surface area contributed by atoms with E-state index in [1.165, 1.54) is 12.1 Å². The number of aromatic nitrogens is 2. The first-order chi connectivity index (χ1) is 12.6. The molecule has 1 heterocycles. The number of nitrogens with one attached hydrogen (secondary N) is 1. The smallest absolute Gasteiger partial charge is 0.317 e. The summed E-state index contributed by atoms with van der Waals surface area (Å²) in [5.74, 6) is -0.263. The molecule has 0 fully saturated rings. The van der Waals surface area contributed by atoms with E-state index in [0.717, 1.165) is 16.8 Å². The molecule has 6 heteroatoms. The fourth-order valence-corrected chi connectivity index (χ4v) is 2.65. The number of carbonyl (C=O) groups excluding carboxylic acids is 1. The van der Waals surface area contributed by atoms with E-state index in [0.29, 0.717) is 19.5 Å². The summed E-state index contributed by atoms with van der Waals surface area (Å²) in [6.45, 7) is 0.911. The lowest BCUT2D eigenvalue weighted by atomic mass is 10.1. The number of amides is 2. The number of benzene rings is 2. The molecular weight excluding hydrogens is 331 g/mol. The van der Waals surface area contributed by atoms with Gasteiger partial charge in [-0.05, 0) is 36.2 Å². The van der Waals surface area contributed by atoms with E-state index in [9.17, 15) is 9.18 Å². The van der Waals surface area contributed by atoms with Gasteiger partial charge in [-0.2, -0.15) is 5.10 Å². The largest absolute Gasteiger partial charge is 0.338 e. The first-order valence-corrected chi connectivity index (χ1v) is 8.44. The molecule has 2 amide bonds. The summed E-state index contributed by atoms with van der Waals surface area (Å²) in [4.78, 5) is 13.8. The minimum absolute atomic E-state index is 0.172. The zero-order valence-corrected chi connectivity index (χ0v) is 14.6. The van der Waals surface area contributed by atoms with Crippen LogP contribution in [0.25, 0.3) is 5.69 Å². The van der Waals surface area contributed by atoms with Crippen molar-refractivity contribution in [3.8, 4) is 5.69 Å². The van der Waals surface area contributed by atoms with Crippen molar-refractivity contribution < 1.29 is 9.18 Å². The molecule has 0 spiro atoms. The maximum Gasteiger partial charge on any atom is 0.317 e. The van der Waals surface area contributed by atoms with Crippen molar-refractivity contribution in [1.29, 1.82) is 0 Å². The van der Waals surface area contributed by atoms with Gasteiger partial charge in [0, 0.05) is 25.4 Å². The van der Waals surface area contributed by atoms with Gasteiger partial charge in [0.15, 0.2) is 0 Å². The molecule has 0 saturated heterocycles. The molecule has 2 aromatic carbocycles. The van der Waals surface area contributed by atoms with Gasteiger partial charge in [0.25, 0.3) is 0 Å². The second-order valence-electron chi connectivity index (χ2n) is 6.10. The van der Waals surface area contributed by atoms with Crippen LogP contribution < -0.4 is 5.32 Å². The van der Waals surface area contributed by atoms with Crippen molar-refractivity contribution in [2.45, 2.75) is 13.0 Å². The lowest BCUT2D eigenvalue weighted by molar-refractivity contribution is 0.207. The highest BCUT2D eigenvalue weighted by Crippen LogP contribution is 2.09. The fraction of sp³-hybridized carbons (Fsp3) is 0.200. The van der Waals surface area contributed by atoms with Gasteiger partial charge in [0.2, 0.25) is 0 Å². The molecule has 0 atom stereocenters. The van der Waals surface area contributed by atoms with Gasteiger partial charge in [-0.15, -0.1) is 0 Å². The molecule has 0 aliphatic carbocycles. The van der Waals surface area contributed by atoms with Gasteiger partial charge in [-0.1, -0.05) is 30.3 Å². The number of hydrogen-bond acceptors (Lipinski definition) is 2. The average Bonchev–Trinajstić information content (AvgIpc) is 3.11. The minimum atomic E-state index is -0.263. The van der Waals surface area contributed by atoms with Crippen molar-refractivity contribution in [1.82, 2.24) is 20.0 Å². The number of carbonyl (C=O) groups is 1. The van der Waals surface area contributed by atoms with Crippen molar-refractivity contribution in [3.05, 3.63) is 83.9 Å². The number of nitrogens with zero attached hydrogens (tertiary/aromatic N) is 3. The highest BCUT2D eigenvalue weighted by molar-refractivity contribution is 5.73. The molecule has 0 saturated carbocycles. The quantitative estimate of drug-likeness (QED) is 0.739. The Morgan fingerprint density at radius 1 is 1.15 bits per heavy atom. The molecule has 0 aliphatic rings. The highest BCUT2D eigenvalue weighted by atomic mass is 19.1. The van der Waals surface area contributed by atoms with Crippen LogP contribution >= 0.6 is 0 Å². The van der Waals surface area contributed by atoms with Crippen molar-refractivity contribution in [3.63, 3.8) is 0 Å². The lowest BCUT2D eigenvalue weighted by Crippen LogP contribution is -2.37. The van der Waals surface area contributed by atoms with Gasteiger partial charge in [0.1, 0.15) is 5.82 Å². The van der Waals surface area contributed by atoms with Crippen LogP contribution in [0.1, 0.15) is 11.1 Å². The zero-order chi connectivity index (χ0) is 18.4. The Morgan fingerprint density at radius 3 is 2.73 bits per heavy atom. The predicted octanol–water partition coefficient (Wildman–Crippen LogP) is 3.40. The normalized spacial score (nSPS) is 10.5. The Labute approximate surface area is 152 Å². The number of hydrogen-bond donors (Lipinski definition) is 1. The highest BCUT2D eigenvalue weighted by Gasteiger charge is 2.10. The Kier molecular flexibility index (Phi) is 5.63. The second-order valence-corrected chi connectivity index (χ2v) is 6.10. The van der Waals surface area contributed by atoms with Crippen LogP contribution in [-0.2, 0) is 13.0 Å². The van der Waals surface area contributed by atoms with E-state index in [1.807, 2.05) is 42.6 Å². The van der Waals surface area contributed by atoms with Crippen LogP contribution in [0.4, 0.5) is 9.18 Å². The van der Waals surface area contributed by atoms with Crippen molar-refractivity contribution >= 4 is 6.03 Å². The van der Waals surface area contributed by atoms with Crippen LogP contribution in [0.5, 0.6) is 0 Å². The molecule has 3 rings (SSSR count). The molecule has 3 aromatic rings. The molecule has 1 aromatic heterocycles. The minimum Gasteiger partial charge on any atom is -0.338 e. The summed E-state index contributed by atoms with van der Waals surface area (Å²) in [5.41, 5.74) is 2.77. The van der Waals surface area contributed by atoms with Crippen molar-refractivity contribution in [2.75, 3.05) is 13.6 Å². The summed E-state index contributed by atoms with van der Waals surface area (Å²) >= 11 is 0. The maximum absolute atomic E-state index is 13.1. The van der Waals surface area contributed by atoms with Gasteiger partial charge in [-0.25, -0.2) is 13.9 Å². The molecule has 0 bridgehead atoms. The third kappa shape index (κ3) is 4.69. The lowest BCUT2D eigenvalue weighted by Gasteiger charge is -2.17. The number of halogens is 1. The number of urea groups is 1. The van der Waals surface area contributed by atoms with Crippen LogP contribution in [0.2, 0.25) is 0 Å². The molecule has 5 nitrogen and oxygen atoms in total. The van der Waals surface area contributed by atoms with Crippen LogP contribution in [0.3, 0.4) is 0 Å². The molecule has 1 N–H and O–H groups in total. The van der Waals surface area contributed by atoms with Crippen LogP contribution in [-0.4, -0.2) is 34.3 Å². The van der Waals surface area contributed by atoms with Gasteiger partial charge < -0.3 is 10.2 Å². The van der Waals surface area contributed by atoms with Crippen LogP contribution in [0.15, 0.2) is 67.0 Å². The summed E-state index contributed by atoms with van der Waals surface area (Å²) < 4.78 is 14.9. The summed E-state index contributed by atoms with van der Waals surface area (Å²) in [7, 11) is 1.73. The monoisotopic (exact) mass is 352 g/mol. The molecule has 134 valence electrons. The van der Waals surface area contributed by atoms with E-state index in [4.69, 9.17) is 0 Å². The number of rotatable bonds is 6. The molecular formula is C20H21FN4O. The van der Waals surface area contributed by atoms with E-state index >= 15 is 0 Å². The summed E-state index contributed by atoms with van der Waals surface area (Å²) in [6, 6.07) is 16.0. The SMILES string of the molecule is CN(Cc1cnn(-c2ccccc2)c1)C(=O)NCCc1cccc(F)c1. The fourth-order valence-electron chi connectivity index (χ4n) is 2.65. The van der Waals surface area contributed by atoms with Crippen LogP contribution in [0, 0.1) is 5.82 Å². The zero-order valence-electron chi connectivity index (χ0n) is 14.6. The molecule has 0 unspecified atom stereocenters. The van der Waals surface area contributed by atoms with E-state index < -0.39 is 0 Å². The standard InChI is InChI=1S/C20H21FN4O/c1-24(20(26)22-11-10-16-6-5-7-18(21)12-16)14-17-13-23-25(15-17)19-8-3-2-4-9-19/h2-9,12-13,15H,10-11,14H2,1H3,(H,22,26). The first-order valence-electron chi connectivity index (χ1n) is 8.44. The van der Waals surface area contributed by atoms with Gasteiger partial charge in [0.05, 0.1) is 18.4 Å². The van der Waals surface area contributed by atoms with Gasteiger partial charge >= 0.3 is 6.03 Å². The first kappa shape index (κ1) is 17.7. The molecule has 26 heavy (non-hydrogen) atoms. The maximum atomic E-state index is 13.1. The topological polar surface area (TPSA) is 50.2 Å². The summed E-state index contributed by atoms with van der Waals surface area (Å²) in [5, 5.41) is 7.18. The Hall–Kier alpha value is -3.15. The third-order valence-electron chi connectivity index (χ3n) is 4.00. The predicted molar refractivity (Wildman–Crippen MR) is 98.5 cm³/mol. The molecule has 0 radical (unpaired) electrons. The Balaban J connectivity index is 1.49. The summed E-state index contributed by atoms with van der Waals surface area (Å²) in [6.07, 6.45) is 4.25. The third-order valence-corrected chi connectivity index (χ3v) is 4.00. The number of para-hydroxylation sites is 1. The van der Waals surface area contributed by atoms with E-state index in [1.54, 1.807) is 28.9 Å². The van der Waals surface area contributed by atoms with Crippen molar-refractivity contribution in [2.24, 2.45) is 0 Å².